The Bertz CT molecular complexity index is 1330. The maximum atomic E-state index is 13.3. The molecule has 1 aliphatic carbocycles. The van der Waals surface area contributed by atoms with Crippen molar-refractivity contribution in [3.8, 4) is 11.4 Å². The summed E-state index contributed by atoms with van der Waals surface area (Å²) in [6.45, 7) is 3.94. The zero-order chi connectivity index (χ0) is 23.9. The molecule has 174 valence electrons. The van der Waals surface area contributed by atoms with Gasteiger partial charge in [0.05, 0.1) is 23.4 Å². The van der Waals surface area contributed by atoms with Crippen LogP contribution in [0.2, 0.25) is 5.02 Å². The molecular weight excluding hydrogens is 453 g/mol. The molecule has 5 nitrogen and oxygen atoms in total. The van der Waals surface area contributed by atoms with Crippen LogP contribution in [0.15, 0.2) is 72.9 Å². The summed E-state index contributed by atoms with van der Waals surface area (Å²) in [6.07, 6.45) is 3.16. The lowest BCUT2D eigenvalue weighted by Gasteiger charge is -2.27. The van der Waals surface area contributed by atoms with E-state index in [0.717, 1.165) is 35.0 Å². The van der Waals surface area contributed by atoms with Crippen molar-refractivity contribution < 1.29 is 13.9 Å². The van der Waals surface area contributed by atoms with Crippen molar-refractivity contribution in [1.82, 2.24) is 15.1 Å². The molecular formula is C27H25ClFN3O2. The number of nitrogens with zero attached hydrogens (tertiary/aromatic N) is 2. The van der Waals surface area contributed by atoms with Crippen molar-refractivity contribution in [2.45, 2.75) is 38.8 Å². The number of aromatic nitrogens is 2. The van der Waals surface area contributed by atoms with Crippen LogP contribution in [-0.2, 0) is 4.79 Å². The molecule has 0 spiro atoms. The second-order valence-corrected chi connectivity index (χ2v) is 9.60. The molecule has 4 aromatic rings. The second-order valence-electron chi connectivity index (χ2n) is 9.17. The predicted molar refractivity (Wildman–Crippen MR) is 131 cm³/mol. The number of carbonyl (C=O) groups is 1. The van der Waals surface area contributed by atoms with Gasteiger partial charge in [-0.05, 0) is 79.9 Å². The lowest BCUT2D eigenvalue weighted by atomic mass is 10.0. The first-order valence-electron chi connectivity index (χ1n) is 11.3. The van der Waals surface area contributed by atoms with Gasteiger partial charge in [0.15, 0.2) is 0 Å². The molecule has 1 saturated carbocycles. The van der Waals surface area contributed by atoms with Crippen LogP contribution in [0.25, 0.3) is 16.6 Å². The summed E-state index contributed by atoms with van der Waals surface area (Å²) in [4.78, 5) is 12.7. The zero-order valence-electron chi connectivity index (χ0n) is 19.0. The van der Waals surface area contributed by atoms with Crippen LogP contribution in [0, 0.1) is 11.2 Å². The van der Waals surface area contributed by atoms with E-state index in [1.165, 1.54) is 12.1 Å². The molecule has 0 saturated heterocycles. The largest absolute Gasteiger partial charge is 0.484 e. The van der Waals surface area contributed by atoms with E-state index < -0.39 is 6.10 Å². The van der Waals surface area contributed by atoms with E-state index in [2.05, 4.69) is 10.4 Å². The SMILES string of the molecule is C[C@H](NC(=O)C1(C)CC1)[C@H](Oc1ccc2c(cnn2-c2ccc(F)cc2)c1)c1ccc(Cl)cc1. The molecule has 0 bridgehead atoms. The van der Waals surface area contributed by atoms with E-state index in [-0.39, 0.29) is 23.2 Å². The number of fused-ring (bicyclic) bond motifs is 1. The van der Waals surface area contributed by atoms with Gasteiger partial charge in [-0.3, -0.25) is 4.79 Å². The van der Waals surface area contributed by atoms with Gasteiger partial charge < -0.3 is 10.1 Å². The van der Waals surface area contributed by atoms with Gasteiger partial charge in [-0.1, -0.05) is 30.7 Å². The van der Waals surface area contributed by atoms with Gasteiger partial charge in [-0.25, -0.2) is 9.07 Å². The first-order chi connectivity index (χ1) is 16.3. The topological polar surface area (TPSA) is 56.1 Å². The Morgan fingerprint density at radius 1 is 1.12 bits per heavy atom. The summed E-state index contributed by atoms with van der Waals surface area (Å²) in [7, 11) is 0. The molecule has 1 N–H and O–H groups in total. The average molecular weight is 478 g/mol. The first kappa shape index (κ1) is 22.4. The Balaban J connectivity index is 1.42. The van der Waals surface area contributed by atoms with Crippen LogP contribution >= 0.6 is 11.6 Å². The standard InChI is InChI=1S/C27H25ClFN3O2/c1-17(31-26(33)27(2)13-14-27)25(18-3-5-20(28)6-4-18)34-23-11-12-24-19(15-23)16-30-32(24)22-9-7-21(29)8-10-22/h3-12,15-17,25H,13-14H2,1-2H3,(H,31,33)/t17-,25-/m0/s1. The van der Waals surface area contributed by atoms with Gasteiger partial charge in [-0.2, -0.15) is 5.10 Å². The summed E-state index contributed by atoms with van der Waals surface area (Å²) in [5, 5.41) is 9.12. The van der Waals surface area contributed by atoms with Gasteiger partial charge in [0.2, 0.25) is 5.91 Å². The quantitative estimate of drug-likeness (QED) is 0.342. The molecule has 1 fully saturated rings. The van der Waals surface area contributed by atoms with Gasteiger partial charge in [0.25, 0.3) is 0 Å². The lowest BCUT2D eigenvalue weighted by Crippen LogP contribution is -2.42. The molecule has 1 amide bonds. The normalized spacial score (nSPS) is 16.1. The maximum absolute atomic E-state index is 13.3. The average Bonchev–Trinajstić information content (AvgIpc) is 3.45. The number of halogens is 2. The summed E-state index contributed by atoms with van der Waals surface area (Å²) in [5.41, 5.74) is 2.30. The van der Waals surface area contributed by atoms with Crippen LogP contribution in [0.5, 0.6) is 5.75 Å². The Kier molecular flexibility index (Phi) is 5.78. The minimum atomic E-state index is -0.409. The van der Waals surface area contributed by atoms with E-state index in [1.807, 2.05) is 56.3 Å². The zero-order valence-corrected chi connectivity index (χ0v) is 19.7. The maximum Gasteiger partial charge on any atom is 0.226 e. The summed E-state index contributed by atoms with van der Waals surface area (Å²) < 4.78 is 21.5. The van der Waals surface area contributed by atoms with Crippen LogP contribution in [-0.4, -0.2) is 21.7 Å². The molecule has 3 aromatic carbocycles. The number of hydrogen-bond acceptors (Lipinski definition) is 3. The Labute approximate surface area is 202 Å². The molecule has 7 heteroatoms. The molecule has 1 heterocycles. The molecule has 0 unspecified atom stereocenters. The number of rotatable bonds is 7. The predicted octanol–water partition coefficient (Wildman–Crippen LogP) is 6.24. The molecule has 34 heavy (non-hydrogen) atoms. The summed E-state index contributed by atoms with van der Waals surface area (Å²) >= 11 is 6.09. The van der Waals surface area contributed by atoms with Crippen molar-refractivity contribution in [3.05, 3.63) is 89.3 Å². The summed E-state index contributed by atoms with van der Waals surface area (Å²) in [5.74, 6) is 0.421. The van der Waals surface area contributed by atoms with Crippen molar-refractivity contribution in [3.63, 3.8) is 0 Å². The number of nitrogens with one attached hydrogen (secondary N) is 1. The highest BCUT2D eigenvalue weighted by Crippen LogP contribution is 2.45. The lowest BCUT2D eigenvalue weighted by molar-refractivity contribution is -0.127. The molecule has 1 aliphatic rings. The van der Waals surface area contributed by atoms with E-state index in [0.29, 0.717) is 10.8 Å². The fourth-order valence-electron chi connectivity index (χ4n) is 4.00. The highest BCUT2D eigenvalue weighted by Gasteiger charge is 2.45. The number of benzene rings is 3. The minimum Gasteiger partial charge on any atom is -0.484 e. The van der Waals surface area contributed by atoms with Crippen LogP contribution in [0.1, 0.15) is 38.4 Å². The van der Waals surface area contributed by atoms with Gasteiger partial charge in [0.1, 0.15) is 17.7 Å². The molecule has 1 aromatic heterocycles. The monoisotopic (exact) mass is 477 g/mol. The van der Waals surface area contributed by atoms with Gasteiger partial charge in [0, 0.05) is 15.8 Å². The van der Waals surface area contributed by atoms with Crippen molar-refractivity contribution >= 4 is 28.4 Å². The fourth-order valence-corrected chi connectivity index (χ4v) is 4.13. The molecule has 0 aliphatic heterocycles. The van der Waals surface area contributed by atoms with Crippen molar-refractivity contribution in [2.75, 3.05) is 0 Å². The van der Waals surface area contributed by atoms with Crippen molar-refractivity contribution in [2.24, 2.45) is 5.41 Å². The Hall–Kier alpha value is -3.38. The minimum absolute atomic E-state index is 0.0542. The van der Waals surface area contributed by atoms with E-state index in [1.54, 1.807) is 23.0 Å². The third-order valence-corrected chi connectivity index (χ3v) is 6.69. The summed E-state index contributed by atoms with van der Waals surface area (Å²) in [6, 6.07) is 19.1. The highest BCUT2D eigenvalue weighted by atomic mass is 35.5. The smallest absolute Gasteiger partial charge is 0.226 e. The number of hydrogen-bond donors (Lipinski definition) is 1. The Morgan fingerprint density at radius 3 is 2.50 bits per heavy atom. The number of ether oxygens (including phenoxy) is 1. The first-order valence-corrected chi connectivity index (χ1v) is 11.7. The third-order valence-electron chi connectivity index (χ3n) is 6.43. The van der Waals surface area contributed by atoms with Crippen molar-refractivity contribution in [1.29, 1.82) is 0 Å². The van der Waals surface area contributed by atoms with Crippen LogP contribution in [0.3, 0.4) is 0 Å². The second kappa shape index (κ2) is 8.76. The van der Waals surface area contributed by atoms with Gasteiger partial charge >= 0.3 is 0 Å². The van der Waals surface area contributed by atoms with Crippen LogP contribution < -0.4 is 10.1 Å². The van der Waals surface area contributed by atoms with E-state index in [4.69, 9.17) is 16.3 Å². The molecule has 5 rings (SSSR count). The van der Waals surface area contributed by atoms with E-state index >= 15 is 0 Å². The fraction of sp³-hybridized carbons (Fsp3) is 0.259. The molecule has 0 radical (unpaired) electrons. The van der Waals surface area contributed by atoms with Crippen LogP contribution in [0.4, 0.5) is 4.39 Å². The number of carbonyl (C=O) groups excluding carboxylic acids is 1. The van der Waals surface area contributed by atoms with E-state index in [9.17, 15) is 9.18 Å². The number of amides is 1. The molecule has 2 atom stereocenters. The Morgan fingerprint density at radius 2 is 1.82 bits per heavy atom. The van der Waals surface area contributed by atoms with Gasteiger partial charge in [-0.15, -0.1) is 0 Å². The third kappa shape index (κ3) is 4.50. The highest BCUT2D eigenvalue weighted by molar-refractivity contribution is 6.30.